The molecule has 0 aromatic carbocycles. The third-order valence-corrected chi connectivity index (χ3v) is 5.41. The lowest BCUT2D eigenvalue weighted by atomic mass is 9.83. The summed E-state index contributed by atoms with van der Waals surface area (Å²) in [4.78, 5) is 0. The molecule has 1 aliphatic carbocycles. The van der Waals surface area contributed by atoms with Gasteiger partial charge in [0.15, 0.2) is 0 Å². The van der Waals surface area contributed by atoms with E-state index in [2.05, 4.69) is 5.32 Å². The van der Waals surface area contributed by atoms with E-state index < -0.39 is 0 Å². The minimum Gasteiger partial charge on any atom is -0.393 e. The lowest BCUT2D eigenvalue weighted by Gasteiger charge is -2.44. The molecule has 2 heterocycles. The maximum atomic E-state index is 9.56. The Balaban J connectivity index is 1.43. The number of aliphatic hydroxyl groups is 1. The Bertz CT molecular complexity index is 291. The second-order valence-corrected chi connectivity index (χ2v) is 6.92. The Kier molecular flexibility index (Phi) is 4.97. The van der Waals surface area contributed by atoms with Gasteiger partial charge in [0.1, 0.15) is 0 Å². The second kappa shape index (κ2) is 6.73. The van der Waals surface area contributed by atoms with Gasteiger partial charge in [0.05, 0.1) is 11.7 Å². The monoisotopic (exact) mass is 283 g/mol. The highest BCUT2D eigenvalue weighted by atomic mass is 16.5. The largest absolute Gasteiger partial charge is 0.393 e. The molecule has 3 fully saturated rings. The van der Waals surface area contributed by atoms with E-state index in [0.29, 0.717) is 6.04 Å². The maximum absolute atomic E-state index is 9.56. The quantitative estimate of drug-likeness (QED) is 0.830. The van der Waals surface area contributed by atoms with E-state index >= 15 is 0 Å². The van der Waals surface area contributed by atoms with Gasteiger partial charge in [-0.1, -0.05) is 0 Å². The van der Waals surface area contributed by atoms with Crippen molar-refractivity contribution in [3.05, 3.63) is 0 Å². The number of ether oxygens (including phenoxy) is 2. The Morgan fingerprint density at radius 1 is 1.00 bits per heavy atom. The van der Waals surface area contributed by atoms with E-state index in [0.717, 1.165) is 70.8 Å². The van der Waals surface area contributed by atoms with Crippen LogP contribution in [-0.4, -0.2) is 49.2 Å². The predicted octanol–water partition coefficient (Wildman–Crippen LogP) is 1.86. The molecular formula is C16H29NO3. The van der Waals surface area contributed by atoms with Crippen molar-refractivity contribution in [2.45, 2.75) is 69.1 Å². The summed E-state index contributed by atoms with van der Waals surface area (Å²) >= 11 is 0. The van der Waals surface area contributed by atoms with Gasteiger partial charge in [-0.15, -0.1) is 0 Å². The van der Waals surface area contributed by atoms with Crippen molar-refractivity contribution in [3.63, 3.8) is 0 Å². The first kappa shape index (κ1) is 14.8. The van der Waals surface area contributed by atoms with Crippen LogP contribution in [0.15, 0.2) is 0 Å². The molecule has 20 heavy (non-hydrogen) atoms. The van der Waals surface area contributed by atoms with Gasteiger partial charge in [-0.2, -0.15) is 0 Å². The smallest absolute Gasteiger partial charge is 0.0741 e. The zero-order valence-corrected chi connectivity index (χ0v) is 12.5. The molecule has 3 rings (SSSR count). The number of hydrogen-bond donors (Lipinski definition) is 2. The fourth-order valence-electron chi connectivity index (χ4n) is 3.98. The first-order valence-electron chi connectivity index (χ1n) is 8.39. The highest BCUT2D eigenvalue weighted by molar-refractivity contribution is 4.92. The van der Waals surface area contributed by atoms with Crippen molar-refractivity contribution < 1.29 is 14.6 Å². The van der Waals surface area contributed by atoms with E-state index in [-0.39, 0.29) is 11.7 Å². The van der Waals surface area contributed by atoms with E-state index in [9.17, 15) is 5.11 Å². The number of rotatable bonds is 3. The fraction of sp³-hybridized carbons (Fsp3) is 1.00. The van der Waals surface area contributed by atoms with Crippen LogP contribution in [0, 0.1) is 5.92 Å². The molecule has 2 aliphatic heterocycles. The molecule has 1 unspecified atom stereocenters. The van der Waals surface area contributed by atoms with Crippen LogP contribution < -0.4 is 5.32 Å². The molecule has 116 valence electrons. The molecule has 1 spiro atoms. The topological polar surface area (TPSA) is 50.7 Å². The van der Waals surface area contributed by atoms with Gasteiger partial charge in [0.25, 0.3) is 0 Å². The first-order valence-corrected chi connectivity index (χ1v) is 8.39. The van der Waals surface area contributed by atoms with E-state index in [1.807, 2.05) is 0 Å². The molecule has 0 bridgehead atoms. The minimum absolute atomic E-state index is 0.0418. The molecule has 0 amide bonds. The summed E-state index contributed by atoms with van der Waals surface area (Å²) in [5, 5.41) is 13.3. The SMILES string of the molecule is OC1CCC(CNC2CCOC3(CCOCC3)C2)CC1. The van der Waals surface area contributed by atoms with Crippen LogP contribution in [0.4, 0.5) is 0 Å². The molecule has 2 saturated heterocycles. The van der Waals surface area contributed by atoms with Gasteiger partial charge in [-0.05, 0) is 63.8 Å². The normalized spacial score (nSPS) is 38.0. The maximum Gasteiger partial charge on any atom is 0.0741 e. The summed E-state index contributed by atoms with van der Waals surface area (Å²) in [6, 6.07) is 0.605. The van der Waals surface area contributed by atoms with Gasteiger partial charge in [0.2, 0.25) is 0 Å². The van der Waals surface area contributed by atoms with Crippen molar-refractivity contribution >= 4 is 0 Å². The van der Waals surface area contributed by atoms with Gasteiger partial charge < -0.3 is 19.9 Å². The van der Waals surface area contributed by atoms with Gasteiger partial charge in [0, 0.05) is 25.9 Å². The summed E-state index contributed by atoms with van der Waals surface area (Å²) in [5.74, 6) is 0.756. The van der Waals surface area contributed by atoms with Gasteiger partial charge in [-0.3, -0.25) is 0 Å². The average molecular weight is 283 g/mol. The number of hydrogen-bond acceptors (Lipinski definition) is 4. The van der Waals surface area contributed by atoms with Crippen molar-refractivity contribution in [3.8, 4) is 0 Å². The predicted molar refractivity (Wildman–Crippen MR) is 77.7 cm³/mol. The highest BCUT2D eigenvalue weighted by Crippen LogP contribution is 2.34. The van der Waals surface area contributed by atoms with Crippen molar-refractivity contribution in [1.82, 2.24) is 5.32 Å². The Morgan fingerprint density at radius 3 is 2.50 bits per heavy atom. The standard InChI is InChI=1S/C16H29NO3/c18-15-3-1-13(2-4-15)12-17-14-5-8-20-16(11-14)6-9-19-10-7-16/h13-15,17-18H,1-12H2. The Morgan fingerprint density at radius 2 is 1.75 bits per heavy atom. The second-order valence-electron chi connectivity index (χ2n) is 6.92. The van der Waals surface area contributed by atoms with E-state index in [1.54, 1.807) is 0 Å². The van der Waals surface area contributed by atoms with Crippen LogP contribution in [0.5, 0.6) is 0 Å². The molecule has 1 saturated carbocycles. The fourth-order valence-corrected chi connectivity index (χ4v) is 3.98. The summed E-state index contributed by atoms with van der Waals surface area (Å²) < 4.78 is 11.6. The van der Waals surface area contributed by atoms with Crippen LogP contribution in [-0.2, 0) is 9.47 Å². The zero-order chi connectivity index (χ0) is 13.8. The van der Waals surface area contributed by atoms with Crippen molar-refractivity contribution in [2.24, 2.45) is 5.92 Å². The van der Waals surface area contributed by atoms with Crippen molar-refractivity contribution in [2.75, 3.05) is 26.4 Å². The summed E-state index contributed by atoms with van der Waals surface area (Å²) in [6.07, 6.45) is 8.68. The Labute approximate surface area is 122 Å². The summed E-state index contributed by atoms with van der Waals surface area (Å²) in [7, 11) is 0. The van der Waals surface area contributed by atoms with Crippen LogP contribution in [0.2, 0.25) is 0 Å². The van der Waals surface area contributed by atoms with Crippen LogP contribution in [0.3, 0.4) is 0 Å². The lowest BCUT2D eigenvalue weighted by molar-refractivity contribution is -0.140. The average Bonchev–Trinajstić information content (AvgIpc) is 2.48. The Hall–Kier alpha value is -0.160. The summed E-state index contributed by atoms with van der Waals surface area (Å²) in [6.45, 7) is 3.71. The molecule has 0 aromatic heterocycles. The zero-order valence-electron chi connectivity index (χ0n) is 12.5. The van der Waals surface area contributed by atoms with Crippen LogP contribution in [0.25, 0.3) is 0 Å². The van der Waals surface area contributed by atoms with E-state index in [4.69, 9.17) is 9.47 Å². The van der Waals surface area contributed by atoms with Crippen molar-refractivity contribution in [1.29, 1.82) is 0 Å². The first-order chi connectivity index (χ1) is 9.76. The van der Waals surface area contributed by atoms with Gasteiger partial charge >= 0.3 is 0 Å². The molecule has 4 nitrogen and oxygen atoms in total. The van der Waals surface area contributed by atoms with Crippen LogP contribution >= 0.6 is 0 Å². The van der Waals surface area contributed by atoms with Crippen LogP contribution in [0.1, 0.15) is 51.4 Å². The lowest BCUT2D eigenvalue weighted by Crippen LogP contribution is -2.50. The molecular weight excluding hydrogens is 254 g/mol. The number of aliphatic hydroxyl groups excluding tert-OH is 1. The molecule has 1 atom stereocenters. The highest BCUT2D eigenvalue weighted by Gasteiger charge is 2.39. The summed E-state index contributed by atoms with van der Waals surface area (Å²) in [5.41, 5.74) is 0.0942. The molecule has 2 N–H and O–H groups in total. The molecule has 3 aliphatic rings. The third-order valence-electron chi connectivity index (χ3n) is 5.41. The third kappa shape index (κ3) is 3.73. The molecule has 0 radical (unpaired) electrons. The molecule has 4 heteroatoms. The van der Waals surface area contributed by atoms with E-state index in [1.165, 1.54) is 12.8 Å². The van der Waals surface area contributed by atoms with Gasteiger partial charge in [-0.25, -0.2) is 0 Å². The number of nitrogens with one attached hydrogen (secondary N) is 1. The minimum atomic E-state index is -0.0418. The molecule has 0 aromatic rings.